The lowest BCUT2D eigenvalue weighted by Gasteiger charge is -2.30. The van der Waals surface area contributed by atoms with Crippen molar-refractivity contribution in [2.45, 2.75) is 123 Å². The third-order valence-electron chi connectivity index (χ3n) is 9.01. The molecule has 2 amide bonds. The third kappa shape index (κ3) is 9.13. The largest absolute Gasteiger partial charge is 0.492 e. The van der Waals surface area contributed by atoms with E-state index >= 15 is 0 Å². The van der Waals surface area contributed by atoms with Gasteiger partial charge in [0, 0.05) is 44.1 Å². The number of carbonyl (C=O) groups is 2. The zero-order valence-electron chi connectivity index (χ0n) is 29.8. The zero-order chi connectivity index (χ0) is 34.8. The average Bonchev–Trinajstić information content (AvgIpc) is 3.77. The minimum Gasteiger partial charge on any atom is -0.492 e. The molecule has 2 aliphatic carbocycles. The molecule has 5 rings (SSSR count). The number of halogens is 1. The van der Waals surface area contributed by atoms with Crippen LogP contribution in [0.15, 0.2) is 18.5 Å². The third-order valence-corrected chi connectivity index (χ3v) is 10.7. The Morgan fingerprint density at radius 1 is 1.00 bits per heavy atom. The topological polar surface area (TPSA) is 117 Å². The van der Waals surface area contributed by atoms with Crippen molar-refractivity contribution in [1.82, 2.24) is 25.2 Å². The van der Waals surface area contributed by atoms with E-state index in [1.807, 2.05) is 32.3 Å². The van der Waals surface area contributed by atoms with Gasteiger partial charge in [-0.2, -0.15) is 0 Å². The van der Waals surface area contributed by atoms with Crippen LogP contribution < -0.4 is 15.4 Å². The summed E-state index contributed by atoms with van der Waals surface area (Å²) in [6.45, 7) is 17.4. The predicted molar refractivity (Wildman–Crippen MR) is 188 cm³/mol. The van der Waals surface area contributed by atoms with Crippen LogP contribution in [0.4, 0.5) is 9.18 Å². The lowest BCUT2D eigenvalue weighted by molar-refractivity contribution is 0.0487. The summed E-state index contributed by atoms with van der Waals surface area (Å²) >= 11 is 0. The molecule has 2 N–H and O–H groups in total. The number of alkyl carbamates (subject to hydrolysis) is 1. The van der Waals surface area contributed by atoms with E-state index in [1.54, 1.807) is 13.0 Å². The van der Waals surface area contributed by atoms with E-state index in [0.29, 0.717) is 58.3 Å². The number of hydrogen-bond acceptors (Lipinski definition) is 7. The van der Waals surface area contributed by atoms with Crippen LogP contribution in [0.1, 0.15) is 80.9 Å². The molecule has 0 radical (unpaired) electrons. The van der Waals surface area contributed by atoms with Crippen molar-refractivity contribution in [2.75, 3.05) is 13.2 Å². The molecule has 0 atom stereocenters. The smallest absolute Gasteiger partial charge is 0.407 e. The highest BCUT2D eigenvalue weighted by Gasteiger charge is 2.30. The van der Waals surface area contributed by atoms with Crippen LogP contribution in [0.3, 0.4) is 0 Å². The first-order valence-corrected chi connectivity index (χ1v) is 21.0. The van der Waals surface area contributed by atoms with Crippen LogP contribution in [0.5, 0.6) is 5.75 Å². The quantitative estimate of drug-likeness (QED) is 0.150. The summed E-state index contributed by atoms with van der Waals surface area (Å²) in [5.41, 5.74) is 3.50. The van der Waals surface area contributed by atoms with E-state index < -0.39 is 19.8 Å². The second-order valence-electron chi connectivity index (χ2n) is 15.7. The number of benzene rings is 1. The number of carbonyl (C=O) groups excluding carboxylic acids is 2. The molecule has 48 heavy (non-hydrogen) atoms. The maximum atomic E-state index is 14.8. The van der Waals surface area contributed by atoms with Gasteiger partial charge in [-0.15, -0.1) is 0 Å². The number of amides is 2. The number of rotatable bonds is 12. The van der Waals surface area contributed by atoms with Crippen LogP contribution in [0, 0.1) is 25.6 Å². The molecular formula is C36H52FN5O5Si. The highest BCUT2D eigenvalue weighted by atomic mass is 28.3. The average molecular weight is 682 g/mol. The summed E-state index contributed by atoms with van der Waals surface area (Å²) in [7, 11) is -1.33. The number of nitrogens with one attached hydrogen (secondary N) is 2. The van der Waals surface area contributed by atoms with Crippen LogP contribution in [-0.4, -0.2) is 65.5 Å². The van der Waals surface area contributed by atoms with Crippen molar-refractivity contribution in [2.24, 2.45) is 5.92 Å². The molecule has 2 fully saturated rings. The van der Waals surface area contributed by atoms with E-state index in [1.165, 1.54) is 12.4 Å². The highest BCUT2D eigenvalue weighted by molar-refractivity contribution is 6.76. The Hall–Kier alpha value is -3.51. The first-order chi connectivity index (χ1) is 22.6. The molecule has 2 aliphatic rings. The summed E-state index contributed by atoms with van der Waals surface area (Å²) in [6, 6.07) is 4.15. The Balaban J connectivity index is 1.43. The summed E-state index contributed by atoms with van der Waals surface area (Å²) in [6.07, 6.45) is 6.17. The second kappa shape index (κ2) is 14.5. The van der Waals surface area contributed by atoms with Gasteiger partial charge in [-0.25, -0.2) is 19.2 Å². The van der Waals surface area contributed by atoms with Gasteiger partial charge in [-0.05, 0) is 96.7 Å². The molecule has 262 valence electrons. The van der Waals surface area contributed by atoms with Gasteiger partial charge in [0.1, 0.15) is 41.4 Å². The molecular weight excluding hydrogens is 630 g/mol. The molecule has 0 bridgehead atoms. The van der Waals surface area contributed by atoms with Gasteiger partial charge >= 0.3 is 6.09 Å². The molecule has 12 heteroatoms. The molecule has 0 saturated heterocycles. The van der Waals surface area contributed by atoms with Crippen molar-refractivity contribution in [3.05, 3.63) is 41.1 Å². The molecule has 2 saturated carbocycles. The normalized spacial score (nSPS) is 18.5. The molecule has 0 aliphatic heterocycles. The number of ether oxygens (including phenoxy) is 3. The van der Waals surface area contributed by atoms with Crippen LogP contribution in [0.25, 0.3) is 22.3 Å². The van der Waals surface area contributed by atoms with E-state index in [-0.39, 0.29) is 30.5 Å². The molecule has 2 aromatic heterocycles. The molecule has 3 aromatic rings. The van der Waals surface area contributed by atoms with Crippen molar-refractivity contribution in [1.29, 1.82) is 0 Å². The maximum Gasteiger partial charge on any atom is 0.407 e. The Morgan fingerprint density at radius 3 is 2.29 bits per heavy atom. The summed E-state index contributed by atoms with van der Waals surface area (Å²) in [5, 5.41) is 6.21. The zero-order valence-corrected chi connectivity index (χ0v) is 30.8. The maximum absolute atomic E-state index is 14.8. The first kappa shape index (κ1) is 35.8. The van der Waals surface area contributed by atoms with Gasteiger partial charge < -0.3 is 29.4 Å². The minimum atomic E-state index is -1.33. The molecule has 0 unspecified atom stereocenters. The number of nitrogens with zero attached hydrogens (tertiary/aromatic N) is 3. The number of aryl methyl sites for hydroxylation is 1. The molecule has 1 aromatic carbocycles. The fraction of sp³-hybridized carbons (Fsp3) is 0.611. The van der Waals surface area contributed by atoms with Crippen molar-refractivity contribution in [3.63, 3.8) is 0 Å². The lowest BCUT2D eigenvalue weighted by Crippen LogP contribution is -2.45. The Morgan fingerprint density at radius 2 is 1.67 bits per heavy atom. The fourth-order valence-electron chi connectivity index (χ4n) is 6.03. The van der Waals surface area contributed by atoms with Crippen LogP contribution >= 0.6 is 0 Å². The van der Waals surface area contributed by atoms with Gasteiger partial charge in [0.25, 0.3) is 5.91 Å². The monoisotopic (exact) mass is 681 g/mol. The first-order valence-electron chi connectivity index (χ1n) is 17.2. The molecule has 2 heterocycles. The van der Waals surface area contributed by atoms with Gasteiger partial charge in [-0.1, -0.05) is 19.6 Å². The standard InChI is InChI=1S/C36H52FN5O5Si/c1-22-17-27(29(18-28(22)37)46-19-24-9-10-24)31-33-32(39-20-38-31)30(23(2)42(33)21-45-15-16-48(6,7)8)34(43)40-25-11-13-26(14-12-25)41-35(44)47-36(3,4)5/h17-18,20,24-26H,9-16,19,21H2,1-8H3,(H,40,43)(H,41,44). The van der Waals surface area contributed by atoms with Crippen molar-refractivity contribution in [3.8, 4) is 17.0 Å². The molecule has 0 spiro atoms. The van der Waals surface area contributed by atoms with Crippen LogP contribution in [0.2, 0.25) is 25.7 Å². The van der Waals surface area contributed by atoms with Gasteiger partial charge in [0.15, 0.2) is 0 Å². The van der Waals surface area contributed by atoms with Gasteiger partial charge in [-0.3, -0.25) is 4.79 Å². The number of fused-ring (bicyclic) bond motifs is 1. The van der Waals surface area contributed by atoms with Gasteiger partial charge in [0.2, 0.25) is 0 Å². The minimum absolute atomic E-state index is 0.00393. The summed E-state index contributed by atoms with van der Waals surface area (Å²) in [5.74, 6) is 0.356. The van der Waals surface area contributed by atoms with Crippen LogP contribution in [-0.2, 0) is 16.2 Å². The Kier molecular flexibility index (Phi) is 10.8. The molecule has 10 nitrogen and oxygen atoms in total. The summed E-state index contributed by atoms with van der Waals surface area (Å²) in [4.78, 5) is 35.7. The van der Waals surface area contributed by atoms with E-state index in [2.05, 4.69) is 35.3 Å². The van der Waals surface area contributed by atoms with Gasteiger partial charge in [0.05, 0.1) is 17.7 Å². The number of hydrogen-bond donors (Lipinski definition) is 2. The summed E-state index contributed by atoms with van der Waals surface area (Å²) < 4.78 is 34.6. The van der Waals surface area contributed by atoms with E-state index in [9.17, 15) is 14.0 Å². The Bertz CT molecular complexity index is 1630. The SMILES string of the molecule is Cc1cc(-c2ncnc3c(C(=O)NC4CCC(NC(=O)OC(C)(C)C)CC4)c(C)n(COCC[Si](C)(C)C)c23)c(OCC2CC2)cc1F. The Labute approximate surface area is 284 Å². The van der Waals surface area contributed by atoms with E-state index in [4.69, 9.17) is 19.2 Å². The van der Waals surface area contributed by atoms with E-state index in [0.717, 1.165) is 50.3 Å². The predicted octanol–water partition coefficient (Wildman–Crippen LogP) is 7.52. The lowest BCUT2D eigenvalue weighted by atomic mass is 9.91. The fourth-order valence-corrected chi connectivity index (χ4v) is 6.79. The highest BCUT2D eigenvalue weighted by Crippen LogP contribution is 2.39. The van der Waals surface area contributed by atoms with Crippen molar-refractivity contribution >= 4 is 31.1 Å². The van der Waals surface area contributed by atoms with Crippen molar-refractivity contribution < 1.29 is 28.2 Å². The number of aromatic nitrogens is 3. The second-order valence-corrected chi connectivity index (χ2v) is 21.3.